The summed E-state index contributed by atoms with van der Waals surface area (Å²) in [6, 6.07) is 15.9. The molecule has 1 aliphatic rings. The van der Waals surface area contributed by atoms with Gasteiger partial charge in [0.15, 0.2) is 5.82 Å². The molecule has 1 amide bonds. The lowest BCUT2D eigenvalue weighted by Crippen LogP contribution is -2.18. The molecule has 0 spiro atoms. The fraction of sp³-hybridized carbons (Fsp3) is 0.150. The zero-order valence-electron chi connectivity index (χ0n) is 13.9. The second-order valence-electron chi connectivity index (χ2n) is 6.06. The van der Waals surface area contributed by atoms with Crippen molar-refractivity contribution in [3.8, 4) is 0 Å². The van der Waals surface area contributed by atoms with Gasteiger partial charge in [0, 0.05) is 17.9 Å². The van der Waals surface area contributed by atoms with Gasteiger partial charge < -0.3 is 10.2 Å². The molecule has 5 heteroatoms. The van der Waals surface area contributed by atoms with E-state index >= 15 is 0 Å². The lowest BCUT2D eigenvalue weighted by Gasteiger charge is -2.17. The zero-order chi connectivity index (χ0) is 17.2. The lowest BCUT2D eigenvalue weighted by molar-refractivity contribution is 0.102. The number of anilines is 3. The molecular formula is C20H18N4O. The highest BCUT2D eigenvalue weighted by molar-refractivity contribution is 6.03. The third-order valence-electron chi connectivity index (χ3n) is 4.43. The Morgan fingerprint density at radius 2 is 1.84 bits per heavy atom. The number of fused-ring (bicyclic) bond motifs is 1. The minimum Gasteiger partial charge on any atom is -0.325 e. The third-order valence-corrected chi connectivity index (χ3v) is 4.43. The number of carbonyl (C=O) groups is 1. The van der Waals surface area contributed by atoms with Crippen LogP contribution < -0.4 is 10.2 Å². The Labute approximate surface area is 146 Å². The number of hydrogen-bond donors (Lipinski definition) is 1. The summed E-state index contributed by atoms with van der Waals surface area (Å²) in [5.74, 6) is 0.507. The minimum atomic E-state index is -0.254. The van der Waals surface area contributed by atoms with E-state index in [1.54, 1.807) is 6.20 Å². The molecule has 124 valence electrons. The van der Waals surface area contributed by atoms with Gasteiger partial charge in [0.25, 0.3) is 5.91 Å². The first-order valence-electron chi connectivity index (χ1n) is 8.27. The van der Waals surface area contributed by atoms with Crippen molar-refractivity contribution in [1.82, 2.24) is 9.97 Å². The fourth-order valence-corrected chi connectivity index (χ4v) is 3.05. The van der Waals surface area contributed by atoms with Gasteiger partial charge in [0.2, 0.25) is 0 Å². The Bertz CT molecular complexity index is 921. The van der Waals surface area contributed by atoms with Gasteiger partial charge in [0.1, 0.15) is 5.69 Å². The van der Waals surface area contributed by atoms with Crippen molar-refractivity contribution in [2.75, 3.05) is 16.8 Å². The molecule has 5 nitrogen and oxygen atoms in total. The summed E-state index contributed by atoms with van der Waals surface area (Å²) in [5, 5.41) is 2.88. The van der Waals surface area contributed by atoms with Gasteiger partial charge in [0.05, 0.1) is 12.4 Å². The standard InChI is InChI=1S/C20H18N4O/c1-14-6-2-4-8-16(14)23-20(25)17-12-22-19(13-21-17)24-11-10-15-7-3-5-9-18(15)24/h2-9,12-13H,10-11H2,1H3,(H,23,25). The summed E-state index contributed by atoms with van der Waals surface area (Å²) in [7, 11) is 0. The highest BCUT2D eigenvalue weighted by atomic mass is 16.1. The van der Waals surface area contributed by atoms with E-state index < -0.39 is 0 Å². The Kier molecular flexibility index (Phi) is 3.90. The Morgan fingerprint density at radius 1 is 1.04 bits per heavy atom. The van der Waals surface area contributed by atoms with Gasteiger partial charge in [-0.25, -0.2) is 9.97 Å². The van der Waals surface area contributed by atoms with Crippen LogP contribution in [0.2, 0.25) is 0 Å². The number of para-hydroxylation sites is 2. The van der Waals surface area contributed by atoms with Crippen LogP contribution in [0.4, 0.5) is 17.2 Å². The van der Waals surface area contributed by atoms with Gasteiger partial charge in [-0.1, -0.05) is 36.4 Å². The molecule has 25 heavy (non-hydrogen) atoms. The van der Waals surface area contributed by atoms with Crippen LogP contribution in [0, 0.1) is 6.92 Å². The van der Waals surface area contributed by atoms with E-state index in [1.807, 2.05) is 43.3 Å². The predicted octanol–water partition coefficient (Wildman–Crippen LogP) is 3.73. The van der Waals surface area contributed by atoms with Crippen LogP contribution in [-0.4, -0.2) is 22.4 Å². The molecule has 0 fully saturated rings. The van der Waals surface area contributed by atoms with Gasteiger partial charge in [-0.2, -0.15) is 0 Å². The zero-order valence-corrected chi connectivity index (χ0v) is 13.9. The number of hydrogen-bond acceptors (Lipinski definition) is 4. The highest BCUT2D eigenvalue weighted by Crippen LogP contribution is 2.32. The maximum Gasteiger partial charge on any atom is 0.275 e. The Balaban J connectivity index is 1.53. The SMILES string of the molecule is Cc1ccccc1NC(=O)c1cnc(N2CCc3ccccc32)cn1. The van der Waals surface area contributed by atoms with Crippen LogP contribution in [0.3, 0.4) is 0 Å². The van der Waals surface area contributed by atoms with Crippen molar-refractivity contribution in [2.45, 2.75) is 13.3 Å². The van der Waals surface area contributed by atoms with Gasteiger partial charge >= 0.3 is 0 Å². The van der Waals surface area contributed by atoms with E-state index in [9.17, 15) is 4.79 Å². The molecule has 0 saturated carbocycles. The molecule has 0 bridgehead atoms. The number of carbonyl (C=O) groups excluding carboxylic acids is 1. The van der Waals surface area contributed by atoms with E-state index in [2.05, 4.69) is 32.3 Å². The first-order chi connectivity index (χ1) is 12.2. The smallest absolute Gasteiger partial charge is 0.275 e. The van der Waals surface area contributed by atoms with Crippen molar-refractivity contribution in [3.63, 3.8) is 0 Å². The number of nitrogens with zero attached hydrogens (tertiary/aromatic N) is 3. The number of rotatable bonds is 3. The molecule has 0 aliphatic carbocycles. The molecule has 0 radical (unpaired) electrons. The minimum absolute atomic E-state index is 0.254. The van der Waals surface area contributed by atoms with Crippen molar-refractivity contribution in [2.24, 2.45) is 0 Å². The average molecular weight is 330 g/mol. The maximum atomic E-state index is 12.4. The molecule has 3 aromatic rings. The van der Waals surface area contributed by atoms with Crippen LogP contribution in [0.1, 0.15) is 21.6 Å². The summed E-state index contributed by atoms with van der Waals surface area (Å²) >= 11 is 0. The first-order valence-corrected chi connectivity index (χ1v) is 8.27. The fourth-order valence-electron chi connectivity index (χ4n) is 3.05. The normalized spacial score (nSPS) is 12.8. The number of aromatic nitrogens is 2. The molecule has 0 atom stereocenters. The molecule has 2 aromatic carbocycles. The molecule has 1 N–H and O–H groups in total. The summed E-state index contributed by atoms with van der Waals surface area (Å²) in [4.78, 5) is 23.3. The number of nitrogens with one attached hydrogen (secondary N) is 1. The molecule has 0 unspecified atom stereocenters. The van der Waals surface area contributed by atoms with E-state index in [4.69, 9.17) is 0 Å². The van der Waals surface area contributed by atoms with Crippen molar-refractivity contribution >= 4 is 23.1 Å². The van der Waals surface area contributed by atoms with E-state index in [0.717, 1.165) is 35.7 Å². The van der Waals surface area contributed by atoms with E-state index in [0.29, 0.717) is 5.69 Å². The summed E-state index contributed by atoms with van der Waals surface area (Å²) < 4.78 is 0. The van der Waals surface area contributed by atoms with Crippen LogP contribution in [0.15, 0.2) is 60.9 Å². The molecule has 4 rings (SSSR count). The number of aryl methyl sites for hydroxylation is 1. The lowest BCUT2D eigenvalue weighted by atomic mass is 10.2. The van der Waals surface area contributed by atoms with Crippen molar-refractivity contribution < 1.29 is 4.79 Å². The van der Waals surface area contributed by atoms with E-state index in [-0.39, 0.29) is 5.91 Å². The van der Waals surface area contributed by atoms with Gasteiger partial charge in [-0.15, -0.1) is 0 Å². The maximum absolute atomic E-state index is 12.4. The average Bonchev–Trinajstić information content (AvgIpc) is 3.08. The second-order valence-corrected chi connectivity index (χ2v) is 6.06. The molecule has 0 saturated heterocycles. The monoisotopic (exact) mass is 330 g/mol. The molecule has 2 heterocycles. The quantitative estimate of drug-likeness (QED) is 0.795. The number of amides is 1. The molecule has 1 aliphatic heterocycles. The molecular weight excluding hydrogens is 312 g/mol. The summed E-state index contributed by atoms with van der Waals surface area (Å²) in [5.41, 5.74) is 4.57. The van der Waals surface area contributed by atoms with Crippen LogP contribution in [0.25, 0.3) is 0 Å². The summed E-state index contributed by atoms with van der Waals surface area (Å²) in [6.07, 6.45) is 4.19. The van der Waals surface area contributed by atoms with Gasteiger partial charge in [-0.3, -0.25) is 4.79 Å². The predicted molar refractivity (Wildman–Crippen MR) is 98.3 cm³/mol. The second kappa shape index (κ2) is 6.36. The number of benzene rings is 2. The summed E-state index contributed by atoms with van der Waals surface area (Å²) in [6.45, 7) is 2.83. The Morgan fingerprint density at radius 3 is 2.64 bits per heavy atom. The molecule has 1 aromatic heterocycles. The highest BCUT2D eigenvalue weighted by Gasteiger charge is 2.21. The van der Waals surface area contributed by atoms with Gasteiger partial charge in [-0.05, 0) is 36.6 Å². The van der Waals surface area contributed by atoms with Crippen LogP contribution in [-0.2, 0) is 6.42 Å². The van der Waals surface area contributed by atoms with Crippen LogP contribution in [0.5, 0.6) is 0 Å². The first kappa shape index (κ1) is 15.3. The van der Waals surface area contributed by atoms with Crippen LogP contribution >= 0.6 is 0 Å². The van der Waals surface area contributed by atoms with Crippen molar-refractivity contribution in [3.05, 3.63) is 77.7 Å². The topological polar surface area (TPSA) is 58.1 Å². The van der Waals surface area contributed by atoms with E-state index in [1.165, 1.54) is 11.8 Å². The third kappa shape index (κ3) is 2.96. The van der Waals surface area contributed by atoms with Crippen molar-refractivity contribution in [1.29, 1.82) is 0 Å². The Hall–Kier alpha value is -3.21. The largest absolute Gasteiger partial charge is 0.325 e.